The van der Waals surface area contributed by atoms with Crippen molar-refractivity contribution in [1.82, 2.24) is 0 Å². The van der Waals surface area contributed by atoms with Crippen molar-refractivity contribution >= 4 is 0 Å². The second-order valence-electron chi connectivity index (χ2n) is 1.12. The van der Waals surface area contributed by atoms with Gasteiger partial charge >= 0.3 is 6.11 Å². The molecule has 0 bridgehead atoms. The SMILES string of the molecule is [CH2]COC(F)(F)CF. The highest BCUT2D eigenvalue weighted by Crippen LogP contribution is 2.14. The van der Waals surface area contributed by atoms with Crippen molar-refractivity contribution in [3.05, 3.63) is 6.92 Å². The summed E-state index contributed by atoms with van der Waals surface area (Å²) in [4.78, 5) is 0. The molecule has 0 unspecified atom stereocenters. The molecule has 0 atom stereocenters. The molecule has 0 fully saturated rings. The van der Waals surface area contributed by atoms with E-state index in [0.29, 0.717) is 0 Å². The summed E-state index contributed by atoms with van der Waals surface area (Å²) in [5.74, 6) is 0. The average Bonchev–Trinajstić information content (AvgIpc) is 1.67. The molecule has 8 heavy (non-hydrogen) atoms. The van der Waals surface area contributed by atoms with Crippen LogP contribution in [0.4, 0.5) is 13.2 Å². The first-order valence-corrected chi connectivity index (χ1v) is 1.99. The zero-order valence-corrected chi connectivity index (χ0v) is 4.16. The van der Waals surface area contributed by atoms with E-state index >= 15 is 0 Å². The molecule has 0 amide bonds. The third-order valence-electron chi connectivity index (χ3n) is 0.469. The number of hydrogen-bond acceptors (Lipinski definition) is 1. The van der Waals surface area contributed by atoms with Crippen LogP contribution in [0.2, 0.25) is 0 Å². The maximum absolute atomic E-state index is 11.5. The Morgan fingerprint density at radius 3 is 2.12 bits per heavy atom. The second-order valence-corrected chi connectivity index (χ2v) is 1.12. The first-order valence-electron chi connectivity index (χ1n) is 1.99. The van der Waals surface area contributed by atoms with Crippen LogP contribution in [0.3, 0.4) is 0 Å². The van der Waals surface area contributed by atoms with E-state index in [4.69, 9.17) is 0 Å². The highest BCUT2D eigenvalue weighted by Gasteiger charge is 2.28. The first kappa shape index (κ1) is 7.75. The zero-order chi connectivity index (χ0) is 6.62. The van der Waals surface area contributed by atoms with Crippen molar-refractivity contribution in [3.63, 3.8) is 0 Å². The van der Waals surface area contributed by atoms with Gasteiger partial charge in [0.05, 0.1) is 6.61 Å². The van der Waals surface area contributed by atoms with Crippen molar-refractivity contribution in [2.24, 2.45) is 0 Å². The molecule has 0 N–H and O–H groups in total. The van der Waals surface area contributed by atoms with Gasteiger partial charge in [0.1, 0.15) is 0 Å². The fourth-order valence-electron chi connectivity index (χ4n) is 0.188. The lowest BCUT2D eigenvalue weighted by Gasteiger charge is -2.09. The first-order chi connectivity index (χ1) is 3.62. The van der Waals surface area contributed by atoms with Crippen molar-refractivity contribution in [2.75, 3.05) is 13.3 Å². The highest BCUT2D eigenvalue weighted by molar-refractivity contribution is 4.47. The Bertz CT molecular complexity index is 64.3. The van der Waals surface area contributed by atoms with Gasteiger partial charge in [-0.25, -0.2) is 4.39 Å². The molecule has 49 valence electrons. The Balaban J connectivity index is 3.37. The van der Waals surface area contributed by atoms with Crippen molar-refractivity contribution in [1.29, 1.82) is 0 Å². The molecular formula is C4H6F3O. The molecule has 1 nitrogen and oxygen atoms in total. The zero-order valence-electron chi connectivity index (χ0n) is 4.16. The quantitative estimate of drug-likeness (QED) is 0.556. The molecule has 0 aliphatic carbocycles. The van der Waals surface area contributed by atoms with E-state index in [1.807, 2.05) is 0 Å². The molecule has 0 spiro atoms. The maximum Gasteiger partial charge on any atom is 0.384 e. The van der Waals surface area contributed by atoms with Gasteiger partial charge in [-0.15, -0.1) is 0 Å². The van der Waals surface area contributed by atoms with Gasteiger partial charge in [0.25, 0.3) is 0 Å². The molecule has 0 aromatic rings. The topological polar surface area (TPSA) is 9.23 Å². The molecule has 0 saturated heterocycles. The monoisotopic (exact) mass is 127 g/mol. The van der Waals surface area contributed by atoms with Gasteiger partial charge in [0.2, 0.25) is 0 Å². The number of rotatable bonds is 3. The third-order valence-corrected chi connectivity index (χ3v) is 0.469. The standard InChI is InChI=1S/C4H6F3O/c1-2-8-4(6,7)3-5/h1-3H2. The summed E-state index contributed by atoms with van der Waals surface area (Å²) in [6.45, 7) is 0.741. The third kappa shape index (κ3) is 2.85. The van der Waals surface area contributed by atoms with Crippen LogP contribution >= 0.6 is 0 Å². The van der Waals surface area contributed by atoms with Gasteiger partial charge < -0.3 is 4.74 Å². The van der Waals surface area contributed by atoms with Gasteiger partial charge in [0, 0.05) is 0 Å². The molecular weight excluding hydrogens is 121 g/mol. The van der Waals surface area contributed by atoms with E-state index in [-0.39, 0.29) is 0 Å². The highest BCUT2D eigenvalue weighted by atomic mass is 19.3. The Morgan fingerprint density at radius 1 is 1.50 bits per heavy atom. The summed E-state index contributed by atoms with van der Waals surface area (Å²) in [5.41, 5.74) is 0. The van der Waals surface area contributed by atoms with Crippen LogP contribution in [0.15, 0.2) is 0 Å². The number of halogens is 3. The average molecular weight is 127 g/mol. The Morgan fingerprint density at radius 2 is 2.00 bits per heavy atom. The predicted octanol–water partition coefficient (Wildman–Crippen LogP) is 1.40. The lowest BCUT2D eigenvalue weighted by molar-refractivity contribution is -0.240. The maximum atomic E-state index is 11.5. The van der Waals surface area contributed by atoms with Crippen molar-refractivity contribution in [3.8, 4) is 0 Å². The predicted molar refractivity (Wildman–Crippen MR) is 22.2 cm³/mol. The molecule has 0 heterocycles. The van der Waals surface area contributed by atoms with E-state index in [0.717, 1.165) is 0 Å². The number of alkyl halides is 3. The molecule has 0 aromatic carbocycles. The Hall–Kier alpha value is -0.250. The molecule has 0 aliphatic heterocycles. The van der Waals surface area contributed by atoms with Crippen LogP contribution in [0.1, 0.15) is 0 Å². The minimum absolute atomic E-state index is 0.420. The van der Waals surface area contributed by atoms with Gasteiger partial charge in [-0.1, -0.05) is 0 Å². The van der Waals surface area contributed by atoms with E-state index < -0.39 is 19.4 Å². The summed E-state index contributed by atoms with van der Waals surface area (Å²) in [7, 11) is 0. The largest absolute Gasteiger partial charge is 0.384 e. The summed E-state index contributed by atoms with van der Waals surface area (Å²) < 4.78 is 37.6. The Kier molecular flexibility index (Phi) is 2.82. The van der Waals surface area contributed by atoms with Crippen LogP contribution in [0.5, 0.6) is 0 Å². The summed E-state index contributed by atoms with van der Waals surface area (Å²) in [6.07, 6.45) is -3.64. The van der Waals surface area contributed by atoms with Gasteiger partial charge in [-0.3, -0.25) is 0 Å². The second kappa shape index (κ2) is 2.91. The van der Waals surface area contributed by atoms with Crippen molar-refractivity contribution < 1.29 is 17.9 Å². The molecule has 0 aromatic heterocycles. The molecule has 0 saturated carbocycles. The number of ether oxygens (including phenoxy) is 1. The normalized spacial score (nSPS) is 12.0. The van der Waals surface area contributed by atoms with Crippen molar-refractivity contribution in [2.45, 2.75) is 6.11 Å². The van der Waals surface area contributed by atoms with Crippen LogP contribution in [-0.4, -0.2) is 19.4 Å². The van der Waals surface area contributed by atoms with Crippen LogP contribution in [0, 0.1) is 6.92 Å². The van der Waals surface area contributed by atoms with E-state index in [9.17, 15) is 13.2 Å². The minimum atomic E-state index is -3.64. The molecule has 1 radical (unpaired) electrons. The molecule has 0 aliphatic rings. The van der Waals surface area contributed by atoms with Gasteiger partial charge in [-0.05, 0) is 6.92 Å². The lowest BCUT2D eigenvalue weighted by atomic mass is 10.7. The Labute approximate surface area is 45.4 Å². The fourth-order valence-corrected chi connectivity index (χ4v) is 0.188. The van der Waals surface area contributed by atoms with Crippen LogP contribution in [-0.2, 0) is 4.74 Å². The van der Waals surface area contributed by atoms with Gasteiger partial charge in [-0.2, -0.15) is 8.78 Å². The van der Waals surface area contributed by atoms with Gasteiger partial charge in [0.15, 0.2) is 6.67 Å². The van der Waals surface area contributed by atoms with Crippen LogP contribution in [0.25, 0.3) is 0 Å². The number of hydrogen-bond donors (Lipinski definition) is 0. The summed E-state index contributed by atoms with van der Waals surface area (Å²) in [5, 5.41) is 0. The fraction of sp³-hybridized carbons (Fsp3) is 0.750. The summed E-state index contributed by atoms with van der Waals surface area (Å²) in [6, 6.07) is 0. The van der Waals surface area contributed by atoms with E-state index in [1.165, 1.54) is 0 Å². The van der Waals surface area contributed by atoms with Crippen LogP contribution < -0.4 is 0 Å². The molecule has 4 heteroatoms. The smallest absolute Gasteiger partial charge is 0.318 e. The minimum Gasteiger partial charge on any atom is -0.318 e. The van der Waals surface area contributed by atoms with E-state index in [1.54, 1.807) is 0 Å². The lowest BCUT2D eigenvalue weighted by Crippen LogP contribution is -2.22. The van der Waals surface area contributed by atoms with E-state index in [2.05, 4.69) is 11.7 Å². The summed E-state index contributed by atoms with van der Waals surface area (Å²) >= 11 is 0. The molecule has 0 rings (SSSR count).